The van der Waals surface area contributed by atoms with Crippen molar-refractivity contribution in [1.29, 1.82) is 0 Å². The van der Waals surface area contributed by atoms with Crippen molar-refractivity contribution in [2.45, 2.75) is 26.8 Å². The van der Waals surface area contributed by atoms with E-state index >= 15 is 0 Å². The standard InChI is InChI=1S/C13H22N2S/c1-3-15(9-12-5-4-8-16-12)11-13(2)6-7-14-10-13/h4-5,8,14H,3,6-7,9-11H2,1-2H3. The Balaban J connectivity index is 1.90. The first kappa shape index (κ1) is 12.1. The Bertz CT molecular complexity index is 302. The Hall–Kier alpha value is -0.380. The molecule has 3 heteroatoms. The average Bonchev–Trinajstić information content (AvgIpc) is 2.89. The highest BCUT2D eigenvalue weighted by Gasteiger charge is 2.30. The van der Waals surface area contributed by atoms with Crippen LogP contribution in [0, 0.1) is 5.41 Å². The number of hydrogen-bond acceptors (Lipinski definition) is 3. The third kappa shape index (κ3) is 3.06. The summed E-state index contributed by atoms with van der Waals surface area (Å²) < 4.78 is 0. The maximum atomic E-state index is 3.48. The summed E-state index contributed by atoms with van der Waals surface area (Å²) in [6, 6.07) is 4.38. The molecule has 1 aliphatic heterocycles. The van der Waals surface area contributed by atoms with Crippen molar-refractivity contribution in [2.24, 2.45) is 5.41 Å². The molecule has 1 aliphatic rings. The predicted octanol–water partition coefficient (Wildman–Crippen LogP) is 2.57. The molecule has 90 valence electrons. The van der Waals surface area contributed by atoms with Crippen molar-refractivity contribution >= 4 is 11.3 Å². The van der Waals surface area contributed by atoms with Gasteiger partial charge in [0.25, 0.3) is 0 Å². The molecule has 0 aliphatic carbocycles. The molecule has 0 bridgehead atoms. The summed E-state index contributed by atoms with van der Waals surface area (Å²) in [4.78, 5) is 4.05. The SMILES string of the molecule is CCN(Cc1cccs1)CC1(C)CCNC1. The van der Waals surface area contributed by atoms with Crippen LogP contribution < -0.4 is 5.32 Å². The third-order valence-electron chi connectivity index (χ3n) is 3.47. The smallest absolute Gasteiger partial charge is 0.0328 e. The van der Waals surface area contributed by atoms with Crippen LogP contribution in [0.3, 0.4) is 0 Å². The summed E-state index contributed by atoms with van der Waals surface area (Å²) in [6.07, 6.45) is 1.31. The highest BCUT2D eigenvalue weighted by atomic mass is 32.1. The maximum Gasteiger partial charge on any atom is 0.0328 e. The highest BCUT2D eigenvalue weighted by molar-refractivity contribution is 7.09. The van der Waals surface area contributed by atoms with Gasteiger partial charge in [0.15, 0.2) is 0 Å². The molecule has 1 saturated heterocycles. The van der Waals surface area contributed by atoms with E-state index in [2.05, 4.69) is 41.6 Å². The molecule has 0 radical (unpaired) electrons. The van der Waals surface area contributed by atoms with Crippen LogP contribution in [-0.2, 0) is 6.54 Å². The molecule has 0 spiro atoms. The molecule has 2 nitrogen and oxygen atoms in total. The molecular formula is C13H22N2S. The van der Waals surface area contributed by atoms with E-state index in [-0.39, 0.29) is 0 Å². The molecule has 0 aromatic carbocycles. The number of thiophene rings is 1. The molecule has 0 amide bonds. The number of nitrogens with one attached hydrogen (secondary N) is 1. The fraction of sp³-hybridized carbons (Fsp3) is 0.692. The van der Waals surface area contributed by atoms with Crippen LogP contribution in [0.5, 0.6) is 0 Å². The van der Waals surface area contributed by atoms with Gasteiger partial charge >= 0.3 is 0 Å². The van der Waals surface area contributed by atoms with Crippen LogP contribution in [0.15, 0.2) is 17.5 Å². The minimum Gasteiger partial charge on any atom is -0.316 e. The van der Waals surface area contributed by atoms with Crippen molar-refractivity contribution in [3.63, 3.8) is 0 Å². The van der Waals surface area contributed by atoms with E-state index in [9.17, 15) is 0 Å². The molecule has 1 N–H and O–H groups in total. The molecule has 2 rings (SSSR count). The minimum atomic E-state index is 0.479. The van der Waals surface area contributed by atoms with E-state index in [1.54, 1.807) is 0 Å². The first-order valence-electron chi connectivity index (χ1n) is 6.17. The largest absolute Gasteiger partial charge is 0.316 e. The van der Waals surface area contributed by atoms with E-state index < -0.39 is 0 Å². The van der Waals surface area contributed by atoms with Crippen LogP contribution >= 0.6 is 11.3 Å². The predicted molar refractivity (Wildman–Crippen MR) is 70.9 cm³/mol. The first-order valence-corrected chi connectivity index (χ1v) is 7.05. The molecule has 1 atom stereocenters. The van der Waals surface area contributed by atoms with Gasteiger partial charge in [0.1, 0.15) is 0 Å². The van der Waals surface area contributed by atoms with Gasteiger partial charge in [-0.1, -0.05) is 19.9 Å². The maximum absolute atomic E-state index is 3.48. The lowest BCUT2D eigenvalue weighted by Gasteiger charge is -2.30. The van der Waals surface area contributed by atoms with Crippen molar-refractivity contribution in [3.05, 3.63) is 22.4 Å². The lowest BCUT2D eigenvalue weighted by molar-refractivity contribution is 0.179. The lowest BCUT2D eigenvalue weighted by Crippen LogP contribution is -2.36. The van der Waals surface area contributed by atoms with Gasteiger partial charge in [-0.15, -0.1) is 11.3 Å². The summed E-state index contributed by atoms with van der Waals surface area (Å²) in [6.45, 7) is 10.5. The van der Waals surface area contributed by atoms with Crippen molar-refractivity contribution in [2.75, 3.05) is 26.2 Å². The normalized spacial score (nSPS) is 25.4. The van der Waals surface area contributed by atoms with Gasteiger partial charge in [0.05, 0.1) is 0 Å². The molecule has 1 fully saturated rings. The van der Waals surface area contributed by atoms with Crippen LogP contribution in [0.4, 0.5) is 0 Å². The Morgan fingerprint density at radius 1 is 1.56 bits per heavy atom. The zero-order valence-corrected chi connectivity index (χ0v) is 11.1. The first-order chi connectivity index (χ1) is 7.72. The minimum absolute atomic E-state index is 0.479. The van der Waals surface area contributed by atoms with Crippen molar-refractivity contribution < 1.29 is 0 Å². The summed E-state index contributed by atoms with van der Waals surface area (Å²) in [7, 11) is 0. The second-order valence-electron chi connectivity index (χ2n) is 5.12. The van der Waals surface area contributed by atoms with Crippen LogP contribution in [0.2, 0.25) is 0 Å². The lowest BCUT2D eigenvalue weighted by atomic mass is 9.89. The fourth-order valence-electron chi connectivity index (χ4n) is 2.45. The molecule has 2 heterocycles. The molecule has 0 saturated carbocycles. The van der Waals surface area contributed by atoms with E-state index in [0.717, 1.165) is 13.1 Å². The van der Waals surface area contributed by atoms with Crippen LogP contribution in [0.1, 0.15) is 25.1 Å². The van der Waals surface area contributed by atoms with Gasteiger partial charge in [0, 0.05) is 24.5 Å². The van der Waals surface area contributed by atoms with Gasteiger partial charge in [-0.3, -0.25) is 4.90 Å². The van der Waals surface area contributed by atoms with Crippen molar-refractivity contribution in [3.8, 4) is 0 Å². The summed E-state index contributed by atoms with van der Waals surface area (Å²) >= 11 is 1.87. The second kappa shape index (κ2) is 5.30. The van der Waals surface area contributed by atoms with Gasteiger partial charge < -0.3 is 5.32 Å². The van der Waals surface area contributed by atoms with E-state index in [1.807, 2.05) is 11.3 Å². The monoisotopic (exact) mass is 238 g/mol. The van der Waals surface area contributed by atoms with Gasteiger partial charge in [0.2, 0.25) is 0 Å². The van der Waals surface area contributed by atoms with E-state index in [1.165, 1.54) is 30.9 Å². The van der Waals surface area contributed by atoms with Crippen LogP contribution in [0.25, 0.3) is 0 Å². The van der Waals surface area contributed by atoms with Crippen LogP contribution in [-0.4, -0.2) is 31.1 Å². The molecule has 1 unspecified atom stereocenters. The number of hydrogen-bond donors (Lipinski definition) is 1. The summed E-state index contributed by atoms with van der Waals surface area (Å²) in [5.41, 5.74) is 0.479. The summed E-state index contributed by atoms with van der Waals surface area (Å²) in [5, 5.41) is 5.65. The van der Waals surface area contributed by atoms with E-state index in [4.69, 9.17) is 0 Å². The van der Waals surface area contributed by atoms with Gasteiger partial charge in [-0.25, -0.2) is 0 Å². The van der Waals surface area contributed by atoms with E-state index in [0.29, 0.717) is 5.41 Å². The topological polar surface area (TPSA) is 15.3 Å². The Labute approximate surface area is 103 Å². The quantitative estimate of drug-likeness (QED) is 0.848. The third-order valence-corrected chi connectivity index (χ3v) is 4.33. The zero-order valence-electron chi connectivity index (χ0n) is 10.3. The number of rotatable bonds is 5. The molecule has 1 aromatic heterocycles. The molecule has 16 heavy (non-hydrogen) atoms. The molecule has 1 aromatic rings. The molecular weight excluding hydrogens is 216 g/mol. The summed E-state index contributed by atoms with van der Waals surface area (Å²) in [5.74, 6) is 0. The Kier molecular flexibility index (Phi) is 4.00. The Morgan fingerprint density at radius 3 is 3.00 bits per heavy atom. The highest BCUT2D eigenvalue weighted by Crippen LogP contribution is 2.26. The Morgan fingerprint density at radius 2 is 2.44 bits per heavy atom. The zero-order chi connectivity index (χ0) is 11.4. The van der Waals surface area contributed by atoms with Crippen molar-refractivity contribution in [1.82, 2.24) is 10.2 Å². The number of nitrogens with zero attached hydrogens (tertiary/aromatic N) is 1. The fourth-order valence-corrected chi connectivity index (χ4v) is 3.19. The second-order valence-corrected chi connectivity index (χ2v) is 6.15. The van der Waals surface area contributed by atoms with Gasteiger partial charge in [-0.05, 0) is 36.4 Å². The average molecular weight is 238 g/mol. The van der Waals surface area contributed by atoms with Gasteiger partial charge in [-0.2, -0.15) is 0 Å².